The monoisotopic (exact) mass is 243 g/mol. The average molecular weight is 243 g/mol. The highest BCUT2D eigenvalue weighted by molar-refractivity contribution is 8.13. The number of nitrogens with zero attached hydrogens (tertiary/aromatic N) is 2. The van der Waals surface area contributed by atoms with Gasteiger partial charge in [0.15, 0.2) is 5.17 Å². The maximum Gasteiger partial charge on any atom is 0.156 e. The lowest BCUT2D eigenvalue weighted by molar-refractivity contribution is -0.0135. The minimum absolute atomic E-state index is 0.269. The predicted molar refractivity (Wildman–Crippen MR) is 69.2 cm³/mol. The van der Waals surface area contributed by atoms with E-state index in [2.05, 4.69) is 29.2 Å². The molecule has 4 nitrogen and oxygen atoms in total. The third kappa shape index (κ3) is 3.64. The second-order valence-electron chi connectivity index (χ2n) is 4.58. The van der Waals surface area contributed by atoms with Gasteiger partial charge in [-0.2, -0.15) is 0 Å². The van der Waals surface area contributed by atoms with Crippen LogP contribution in [0.1, 0.15) is 13.3 Å². The fourth-order valence-corrected chi connectivity index (χ4v) is 3.03. The summed E-state index contributed by atoms with van der Waals surface area (Å²) in [5.41, 5.74) is 0. The van der Waals surface area contributed by atoms with E-state index in [1.165, 1.54) is 12.2 Å². The van der Waals surface area contributed by atoms with Crippen molar-refractivity contribution in [1.29, 1.82) is 0 Å². The molecule has 5 heteroatoms. The van der Waals surface area contributed by atoms with Crippen molar-refractivity contribution >= 4 is 16.9 Å². The number of hydrogen-bond donors (Lipinski definition) is 1. The fourth-order valence-electron chi connectivity index (χ4n) is 1.91. The van der Waals surface area contributed by atoms with Crippen LogP contribution in [0.5, 0.6) is 0 Å². The fraction of sp³-hybridized carbons (Fsp3) is 0.909. The van der Waals surface area contributed by atoms with E-state index in [0.29, 0.717) is 6.04 Å². The van der Waals surface area contributed by atoms with Crippen LogP contribution >= 0.6 is 11.8 Å². The van der Waals surface area contributed by atoms with Crippen molar-refractivity contribution in [2.24, 2.45) is 4.99 Å². The molecular weight excluding hydrogens is 222 g/mol. The third-order valence-electron chi connectivity index (χ3n) is 2.94. The number of likely N-dealkylation sites (N-methyl/N-ethyl adjacent to an activating group) is 1. The van der Waals surface area contributed by atoms with E-state index in [4.69, 9.17) is 4.74 Å². The Balaban J connectivity index is 1.78. The number of nitrogens with one attached hydrogen (secondary N) is 1. The molecule has 0 aromatic heterocycles. The zero-order valence-corrected chi connectivity index (χ0v) is 10.9. The lowest BCUT2D eigenvalue weighted by Crippen LogP contribution is -2.42. The number of hydrogen-bond acceptors (Lipinski definition) is 4. The van der Waals surface area contributed by atoms with Crippen LogP contribution in [0.2, 0.25) is 0 Å². The Morgan fingerprint density at radius 3 is 3.25 bits per heavy atom. The van der Waals surface area contributed by atoms with Crippen LogP contribution < -0.4 is 5.32 Å². The van der Waals surface area contributed by atoms with Gasteiger partial charge >= 0.3 is 0 Å². The Morgan fingerprint density at radius 1 is 1.62 bits per heavy atom. The van der Waals surface area contributed by atoms with Crippen molar-refractivity contribution < 1.29 is 4.74 Å². The highest BCUT2D eigenvalue weighted by Gasteiger charge is 2.18. The van der Waals surface area contributed by atoms with Gasteiger partial charge < -0.3 is 15.0 Å². The van der Waals surface area contributed by atoms with Crippen LogP contribution in [-0.2, 0) is 4.74 Å². The smallest absolute Gasteiger partial charge is 0.156 e. The zero-order valence-electron chi connectivity index (χ0n) is 10.1. The molecule has 0 aromatic carbocycles. The van der Waals surface area contributed by atoms with Gasteiger partial charge in [0.05, 0.1) is 19.3 Å². The molecule has 2 rings (SSSR count). The van der Waals surface area contributed by atoms with Gasteiger partial charge in [-0.3, -0.25) is 4.99 Å². The first-order valence-corrected chi connectivity index (χ1v) is 6.96. The molecule has 2 unspecified atom stereocenters. The lowest BCUT2D eigenvalue weighted by Gasteiger charge is -2.29. The number of thioether (sulfide) groups is 1. The second kappa shape index (κ2) is 5.89. The summed E-state index contributed by atoms with van der Waals surface area (Å²) < 4.78 is 5.68. The molecule has 0 spiro atoms. The number of rotatable bonds is 2. The number of amidine groups is 1. The van der Waals surface area contributed by atoms with Crippen molar-refractivity contribution in [2.45, 2.75) is 25.5 Å². The zero-order chi connectivity index (χ0) is 11.4. The molecule has 0 aliphatic carbocycles. The highest BCUT2D eigenvalue weighted by atomic mass is 32.2. The van der Waals surface area contributed by atoms with Gasteiger partial charge in [0, 0.05) is 24.9 Å². The Bertz CT molecular complexity index is 260. The molecule has 2 atom stereocenters. The summed E-state index contributed by atoms with van der Waals surface area (Å²) in [4.78, 5) is 6.91. The van der Waals surface area contributed by atoms with Crippen molar-refractivity contribution in [3.05, 3.63) is 0 Å². The average Bonchev–Trinajstić information content (AvgIpc) is 2.27. The summed E-state index contributed by atoms with van der Waals surface area (Å²) in [7, 11) is 2.14. The first kappa shape index (κ1) is 12.2. The molecule has 2 heterocycles. The van der Waals surface area contributed by atoms with E-state index < -0.39 is 0 Å². The van der Waals surface area contributed by atoms with Crippen LogP contribution in [0.3, 0.4) is 0 Å². The molecule has 0 bridgehead atoms. The van der Waals surface area contributed by atoms with Crippen molar-refractivity contribution in [3.63, 3.8) is 0 Å². The Kier molecular flexibility index (Phi) is 4.49. The van der Waals surface area contributed by atoms with Gasteiger partial charge in [-0.05, 0) is 20.4 Å². The van der Waals surface area contributed by atoms with Gasteiger partial charge in [0.2, 0.25) is 0 Å². The summed E-state index contributed by atoms with van der Waals surface area (Å²) in [6.45, 7) is 5.86. The highest BCUT2D eigenvalue weighted by Crippen LogP contribution is 2.14. The van der Waals surface area contributed by atoms with Gasteiger partial charge in [-0.1, -0.05) is 11.8 Å². The summed E-state index contributed by atoms with van der Waals surface area (Å²) in [6, 6.07) is 0.565. The maximum atomic E-state index is 5.68. The number of morpholine rings is 1. The van der Waals surface area contributed by atoms with E-state index in [1.807, 2.05) is 11.8 Å². The quantitative estimate of drug-likeness (QED) is 0.778. The Morgan fingerprint density at radius 2 is 2.50 bits per heavy atom. The standard InChI is InChI=1S/C11H21N3OS/c1-9-3-6-16-11(13-9)12-7-10-8-14(2)4-5-15-10/h9-10H,3-8H2,1-2H3,(H,12,13). The normalized spacial score (nSPS) is 35.0. The van der Waals surface area contributed by atoms with E-state index in [-0.39, 0.29) is 6.10 Å². The molecule has 1 N–H and O–H groups in total. The summed E-state index contributed by atoms with van der Waals surface area (Å²) in [6.07, 6.45) is 1.50. The summed E-state index contributed by atoms with van der Waals surface area (Å²) in [5, 5.41) is 4.50. The SMILES string of the molecule is CC1CCSC(=NCC2CN(C)CCO2)N1. The molecule has 2 fully saturated rings. The van der Waals surface area contributed by atoms with E-state index in [0.717, 1.165) is 31.4 Å². The number of ether oxygens (including phenoxy) is 1. The van der Waals surface area contributed by atoms with E-state index in [1.54, 1.807) is 0 Å². The molecule has 2 aliphatic heterocycles. The molecule has 16 heavy (non-hydrogen) atoms. The predicted octanol–water partition coefficient (Wildman–Crippen LogP) is 0.788. The first-order chi connectivity index (χ1) is 7.74. The van der Waals surface area contributed by atoms with Crippen molar-refractivity contribution in [1.82, 2.24) is 10.2 Å². The van der Waals surface area contributed by atoms with Crippen molar-refractivity contribution in [3.8, 4) is 0 Å². The Hall–Kier alpha value is -0.260. The molecule has 0 radical (unpaired) electrons. The van der Waals surface area contributed by atoms with Crippen molar-refractivity contribution in [2.75, 3.05) is 39.0 Å². The van der Waals surface area contributed by atoms with Gasteiger partial charge in [0.25, 0.3) is 0 Å². The maximum absolute atomic E-state index is 5.68. The molecule has 2 saturated heterocycles. The molecule has 92 valence electrons. The Labute approximate surface area is 102 Å². The topological polar surface area (TPSA) is 36.9 Å². The molecule has 0 aromatic rings. The first-order valence-electron chi connectivity index (χ1n) is 5.98. The van der Waals surface area contributed by atoms with E-state index in [9.17, 15) is 0 Å². The van der Waals surface area contributed by atoms with Gasteiger partial charge in [-0.15, -0.1) is 0 Å². The van der Waals surface area contributed by atoms with Crippen LogP contribution in [0.4, 0.5) is 0 Å². The summed E-state index contributed by atoms with van der Waals surface area (Å²) in [5.74, 6) is 1.18. The summed E-state index contributed by atoms with van der Waals surface area (Å²) >= 11 is 1.83. The van der Waals surface area contributed by atoms with Crippen LogP contribution in [0.25, 0.3) is 0 Å². The van der Waals surface area contributed by atoms with Gasteiger partial charge in [-0.25, -0.2) is 0 Å². The molecular formula is C11H21N3OS. The van der Waals surface area contributed by atoms with Gasteiger partial charge in [0.1, 0.15) is 0 Å². The second-order valence-corrected chi connectivity index (χ2v) is 5.67. The third-order valence-corrected chi connectivity index (χ3v) is 3.90. The minimum Gasteiger partial charge on any atom is -0.374 e. The molecule has 2 aliphatic rings. The van der Waals surface area contributed by atoms with E-state index >= 15 is 0 Å². The minimum atomic E-state index is 0.269. The lowest BCUT2D eigenvalue weighted by atomic mass is 10.3. The van der Waals surface area contributed by atoms with Crippen LogP contribution in [0, 0.1) is 0 Å². The van der Waals surface area contributed by atoms with Crippen LogP contribution in [-0.4, -0.2) is 61.3 Å². The van der Waals surface area contributed by atoms with Crippen LogP contribution in [0.15, 0.2) is 4.99 Å². The molecule has 0 amide bonds. The largest absolute Gasteiger partial charge is 0.374 e. The number of aliphatic imine (C=N–C) groups is 1. The molecule has 0 saturated carbocycles.